The molecule has 11 atom stereocenters. The summed E-state index contributed by atoms with van der Waals surface area (Å²) < 4.78 is 5.32. The van der Waals surface area contributed by atoms with Crippen LogP contribution in [0.3, 0.4) is 0 Å². The molecule has 6 unspecified atom stereocenters. The number of nitrogens with one attached hydrogen (secondary N) is 1. The van der Waals surface area contributed by atoms with E-state index in [1.165, 1.54) is 128 Å². The second kappa shape index (κ2) is 30.1. The lowest BCUT2D eigenvalue weighted by Gasteiger charge is -2.61. The summed E-state index contributed by atoms with van der Waals surface area (Å²) in [6, 6.07) is 0.400. The number of aliphatic hydroxyl groups is 1. The number of hydrogen-bond donors (Lipinski definition) is 2. The van der Waals surface area contributed by atoms with Crippen molar-refractivity contribution in [1.82, 2.24) is 15.1 Å². The minimum absolute atomic E-state index is 0.0501. The predicted octanol–water partition coefficient (Wildman–Crippen LogP) is 13.2. The molecular formula is C60H105N3O6. The summed E-state index contributed by atoms with van der Waals surface area (Å²) in [6.45, 7) is 13.9. The SMILES string of the molecule is CCCCCCCC/C=C\CCCCCCCC(=O)N[C@H]1CC[C@@]2(C)C(CCC3C4CCC(C(C)CCC(=O)N(CC)CC(=O)CCCCCCC(=O)N5C[C@H](CO)C[C@H]5COC)[C@@]4(C)CCC32)C1. The van der Waals surface area contributed by atoms with Gasteiger partial charge < -0.3 is 25.0 Å². The number of Topliss-reactive ketones (excluding diaryl/α,β-unsaturated/α-hetero) is 1. The summed E-state index contributed by atoms with van der Waals surface area (Å²) >= 11 is 0. The zero-order valence-electron chi connectivity index (χ0n) is 45.4. The second-order valence-electron chi connectivity index (χ2n) is 24.1. The van der Waals surface area contributed by atoms with Crippen LogP contribution in [0, 0.1) is 52.3 Å². The molecule has 0 bridgehead atoms. The van der Waals surface area contributed by atoms with E-state index >= 15 is 0 Å². The molecule has 9 heteroatoms. The van der Waals surface area contributed by atoms with Gasteiger partial charge in [-0.3, -0.25) is 19.2 Å². The Morgan fingerprint density at radius 1 is 0.739 bits per heavy atom. The van der Waals surface area contributed by atoms with Crippen molar-refractivity contribution in [3.63, 3.8) is 0 Å². The number of likely N-dealkylation sites (tertiary alicyclic amines) is 1. The molecule has 0 aromatic heterocycles. The number of carbonyl (C=O) groups excluding carboxylic acids is 4. The number of fused-ring (bicyclic) bond motifs is 5. The maximum absolute atomic E-state index is 13.6. The number of allylic oxidation sites excluding steroid dienone is 2. The summed E-state index contributed by atoms with van der Waals surface area (Å²) in [5.74, 6) is 5.07. The van der Waals surface area contributed by atoms with Crippen LogP contribution in [-0.2, 0) is 23.9 Å². The van der Waals surface area contributed by atoms with Gasteiger partial charge in [-0.1, -0.05) is 104 Å². The predicted molar refractivity (Wildman–Crippen MR) is 283 cm³/mol. The van der Waals surface area contributed by atoms with E-state index in [1.54, 1.807) is 12.0 Å². The molecule has 1 aliphatic heterocycles. The zero-order valence-corrected chi connectivity index (χ0v) is 45.4. The highest BCUT2D eigenvalue weighted by molar-refractivity contribution is 5.86. The van der Waals surface area contributed by atoms with Gasteiger partial charge in [0.25, 0.3) is 0 Å². The smallest absolute Gasteiger partial charge is 0.222 e. The van der Waals surface area contributed by atoms with E-state index in [2.05, 4.69) is 45.2 Å². The third kappa shape index (κ3) is 16.9. The van der Waals surface area contributed by atoms with Gasteiger partial charge in [0.05, 0.1) is 19.2 Å². The monoisotopic (exact) mass is 964 g/mol. The number of likely N-dealkylation sites (N-methyl/N-ethyl adjacent to an activating group) is 1. The number of ketones is 1. The first-order valence-corrected chi connectivity index (χ1v) is 29.5. The Balaban J connectivity index is 0.939. The van der Waals surface area contributed by atoms with Crippen LogP contribution >= 0.6 is 0 Å². The van der Waals surface area contributed by atoms with Crippen LogP contribution in [0.2, 0.25) is 0 Å². The average molecular weight is 965 g/mol. The number of unbranched alkanes of at least 4 members (excludes halogenated alkanes) is 14. The summed E-state index contributed by atoms with van der Waals surface area (Å²) in [5.41, 5.74) is 0.736. The van der Waals surface area contributed by atoms with Crippen molar-refractivity contribution in [3.8, 4) is 0 Å². The van der Waals surface area contributed by atoms with Gasteiger partial charge in [0.1, 0.15) is 0 Å². The minimum atomic E-state index is 0.0501. The Morgan fingerprint density at radius 3 is 2.06 bits per heavy atom. The molecule has 5 aliphatic rings. The standard InChI is InChI=1S/C60H105N3O6/c1-7-9-10-11-12-13-14-15-16-17-18-19-20-21-25-28-56(66)61-49-36-38-59(4)48(41-49)31-32-52-54-34-33-53(60(54,5)39-37-55(52)59)46(3)30-35-57(67)62(8-2)43-51(65)27-24-22-23-26-29-58(68)63-42-47(44-64)40-50(63)45-69-6/h15-16,46-50,52-55,64H,7-14,17-45H2,1-6H3,(H,61,66)/b16-15-/t46?,47-,48?,49+,50+,52?,53?,54?,55?,59+,60-/m1/s1. The van der Waals surface area contributed by atoms with Gasteiger partial charge in [-0.25, -0.2) is 0 Å². The summed E-state index contributed by atoms with van der Waals surface area (Å²) in [5, 5.41) is 13.1. The molecule has 4 saturated carbocycles. The third-order valence-corrected chi connectivity index (χ3v) is 19.4. The number of nitrogens with zero attached hydrogens (tertiary/aromatic N) is 2. The number of ether oxygens (including phenoxy) is 1. The Bertz CT molecular complexity index is 1570. The van der Waals surface area contributed by atoms with Gasteiger partial charge >= 0.3 is 0 Å². The maximum Gasteiger partial charge on any atom is 0.222 e. The Hall–Kier alpha value is -2.26. The molecule has 0 radical (unpaired) electrons. The number of amides is 3. The van der Waals surface area contributed by atoms with E-state index in [0.29, 0.717) is 74.1 Å². The Kier molecular flexibility index (Phi) is 25.1. The molecule has 1 saturated heterocycles. The zero-order chi connectivity index (χ0) is 49.7. The van der Waals surface area contributed by atoms with Crippen molar-refractivity contribution in [2.24, 2.45) is 52.3 Å². The molecule has 69 heavy (non-hydrogen) atoms. The highest BCUT2D eigenvalue weighted by Crippen LogP contribution is 2.68. The van der Waals surface area contributed by atoms with Crippen LogP contribution in [0.15, 0.2) is 12.2 Å². The molecule has 396 valence electrons. The fraction of sp³-hybridized carbons (Fsp3) is 0.900. The lowest BCUT2D eigenvalue weighted by atomic mass is 9.44. The van der Waals surface area contributed by atoms with E-state index in [1.807, 2.05) is 11.8 Å². The molecule has 4 aliphatic carbocycles. The first-order valence-electron chi connectivity index (χ1n) is 29.5. The molecule has 5 rings (SSSR count). The van der Waals surface area contributed by atoms with E-state index < -0.39 is 0 Å². The Morgan fingerprint density at radius 2 is 1.38 bits per heavy atom. The third-order valence-electron chi connectivity index (χ3n) is 19.4. The molecule has 9 nitrogen and oxygen atoms in total. The fourth-order valence-corrected chi connectivity index (χ4v) is 15.3. The number of hydrogen-bond acceptors (Lipinski definition) is 6. The normalized spacial score (nSPS) is 30.2. The average Bonchev–Trinajstić information content (AvgIpc) is 3.93. The van der Waals surface area contributed by atoms with Crippen molar-refractivity contribution >= 4 is 23.5 Å². The molecular weight excluding hydrogens is 859 g/mol. The molecule has 0 aromatic carbocycles. The Labute approximate surface area is 422 Å². The van der Waals surface area contributed by atoms with E-state index in [4.69, 9.17) is 4.74 Å². The summed E-state index contributed by atoms with van der Waals surface area (Å²) in [6.07, 6.45) is 40.2. The molecule has 0 spiro atoms. The van der Waals surface area contributed by atoms with E-state index in [0.717, 1.165) is 75.0 Å². The van der Waals surface area contributed by atoms with Gasteiger partial charge in [0.15, 0.2) is 5.78 Å². The van der Waals surface area contributed by atoms with Crippen LogP contribution in [-0.4, -0.2) is 90.5 Å². The minimum Gasteiger partial charge on any atom is -0.396 e. The van der Waals surface area contributed by atoms with Gasteiger partial charge in [-0.15, -0.1) is 0 Å². The summed E-state index contributed by atoms with van der Waals surface area (Å²) in [4.78, 5) is 56.3. The van der Waals surface area contributed by atoms with E-state index in [-0.39, 0.29) is 48.6 Å². The highest BCUT2D eigenvalue weighted by Gasteiger charge is 2.60. The van der Waals surface area contributed by atoms with E-state index in [9.17, 15) is 24.3 Å². The van der Waals surface area contributed by atoms with Crippen molar-refractivity contribution in [2.45, 2.75) is 252 Å². The number of methoxy groups -OCH3 is 1. The van der Waals surface area contributed by atoms with Gasteiger partial charge in [0, 0.05) is 64.4 Å². The van der Waals surface area contributed by atoms with Crippen LogP contribution < -0.4 is 5.32 Å². The van der Waals surface area contributed by atoms with Gasteiger partial charge in [-0.05, 0) is 169 Å². The maximum atomic E-state index is 13.6. The van der Waals surface area contributed by atoms with Gasteiger partial charge in [0.2, 0.25) is 17.7 Å². The van der Waals surface area contributed by atoms with Crippen LogP contribution in [0.25, 0.3) is 0 Å². The topological polar surface area (TPSA) is 116 Å². The lowest BCUT2D eigenvalue weighted by molar-refractivity contribution is -0.136. The summed E-state index contributed by atoms with van der Waals surface area (Å²) in [7, 11) is 1.65. The quantitative estimate of drug-likeness (QED) is 0.0500. The van der Waals surface area contributed by atoms with Crippen LogP contribution in [0.5, 0.6) is 0 Å². The van der Waals surface area contributed by atoms with Crippen molar-refractivity contribution in [3.05, 3.63) is 12.2 Å². The molecule has 1 heterocycles. The first kappa shape index (κ1) is 57.6. The van der Waals surface area contributed by atoms with Gasteiger partial charge in [-0.2, -0.15) is 0 Å². The van der Waals surface area contributed by atoms with Crippen molar-refractivity contribution < 1.29 is 29.0 Å². The number of aliphatic hydroxyl groups excluding tert-OH is 1. The van der Waals surface area contributed by atoms with Crippen molar-refractivity contribution in [1.29, 1.82) is 0 Å². The number of rotatable bonds is 33. The largest absolute Gasteiger partial charge is 0.396 e. The fourth-order valence-electron chi connectivity index (χ4n) is 15.3. The van der Waals surface area contributed by atoms with Crippen molar-refractivity contribution in [2.75, 3.05) is 40.0 Å². The highest BCUT2D eigenvalue weighted by atomic mass is 16.5. The van der Waals surface area contributed by atoms with Crippen LogP contribution in [0.1, 0.15) is 240 Å². The molecule has 2 N–H and O–H groups in total. The number of carbonyl (C=O) groups is 4. The molecule has 3 amide bonds. The second-order valence-corrected chi connectivity index (χ2v) is 24.1. The lowest BCUT2D eigenvalue weighted by Crippen LogP contribution is -2.55. The first-order chi connectivity index (χ1) is 33.4. The molecule has 5 fully saturated rings. The molecule has 0 aromatic rings. The van der Waals surface area contributed by atoms with Crippen LogP contribution in [0.4, 0.5) is 0 Å².